The molecule has 1 aliphatic rings. The molecular formula is C25H27N3O3S. The number of ether oxygens (including phenoxy) is 1. The summed E-state index contributed by atoms with van der Waals surface area (Å²) in [4.78, 5) is 26.7. The Morgan fingerprint density at radius 2 is 1.69 bits per heavy atom. The van der Waals surface area contributed by atoms with Gasteiger partial charge in [-0.2, -0.15) is 0 Å². The summed E-state index contributed by atoms with van der Waals surface area (Å²) in [5.74, 6) is 0.791. The van der Waals surface area contributed by atoms with Crippen LogP contribution >= 0.6 is 11.3 Å². The van der Waals surface area contributed by atoms with E-state index in [1.807, 2.05) is 72.1 Å². The van der Waals surface area contributed by atoms with E-state index in [1.54, 1.807) is 4.90 Å². The zero-order valence-corrected chi connectivity index (χ0v) is 18.6. The number of anilines is 1. The summed E-state index contributed by atoms with van der Waals surface area (Å²) in [7, 11) is 0. The molecular weight excluding hydrogens is 422 g/mol. The van der Waals surface area contributed by atoms with Crippen LogP contribution in [-0.2, 0) is 17.9 Å². The molecule has 2 aromatic carbocycles. The number of thiophene rings is 1. The van der Waals surface area contributed by atoms with Crippen LogP contribution < -0.4 is 15.4 Å². The van der Waals surface area contributed by atoms with Gasteiger partial charge in [0.1, 0.15) is 12.4 Å². The van der Waals surface area contributed by atoms with Crippen LogP contribution in [0.25, 0.3) is 0 Å². The predicted octanol–water partition coefficient (Wildman–Crippen LogP) is 4.89. The smallest absolute Gasteiger partial charge is 0.322 e. The van der Waals surface area contributed by atoms with Crippen LogP contribution in [0.15, 0.2) is 72.1 Å². The summed E-state index contributed by atoms with van der Waals surface area (Å²) < 4.78 is 5.81. The molecule has 0 unspecified atom stereocenters. The van der Waals surface area contributed by atoms with Crippen LogP contribution in [0.1, 0.15) is 24.0 Å². The van der Waals surface area contributed by atoms with Gasteiger partial charge >= 0.3 is 6.03 Å². The lowest BCUT2D eigenvalue weighted by Crippen LogP contribution is -2.44. The van der Waals surface area contributed by atoms with Crippen molar-refractivity contribution in [1.82, 2.24) is 10.2 Å². The SMILES string of the molecule is O=C(NCc1ccc(OCc2ccccc2)cc1)C1CCN(C(=O)Nc2cccs2)CC1. The summed E-state index contributed by atoms with van der Waals surface area (Å²) >= 11 is 1.50. The molecule has 0 atom stereocenters. The van der Waals surface area contributed by atoms with Crippen molar-refractivity contribution in [2.24, 2.45) is 5.92 Å². The van der Waals surface area contributed by atoms with Gasteiger partial charge in [0, 0.05) is 25.6 Å². The standard InChI is InChI=1S/C25H27N3O3S/c29-24(21-12-14-28(15-13-21)25(30)27-23-7-4-16-32-23)26-17-19-8-10-22(11-9-19)31-18-20-5-2-1-3-6-20/h1-11,16,21H,12-15,17-18H2,(H,26,29)(H,27,30). The average molecular weight is 450 g/mol. The van der Waals surface area contributed by atoms with Crippen molar-refractivity contribution in [3.63, 3.8) is 0 Å². The Balaban J connectivity index is 1.17. The molecule has 2 heterocycles. The largest absolute Gasteiger partial charge is 0.489 e. The highest BCUT2D eigenvalue weighted by Gasteiger charge is 2.27. The number of rotatable bonds is 7. The van der Waals surface area contributed by atoms with E-state index in [9.17, 15) is 9.59 Å². The van der Waals surface area contributed by atoms with Crippen molar-refractivity contribution in [1.29, 1.82) is 0 Å². The summed E-state index contributed by atoms with van der Waals surface area (Å²) in [5.41, 5.74) is 2.15. The average Bonchev–Trinajstić information content (AvgIpc) is 3.35. The summed E-state index contributed by atoms with van der Waals surface area (Å²) in [6.07, 6.45) is 1.35. The maximum Gasteiger partial charge on any atom is 0.322 e. The molecule has 0 aliphatic carbocycles. The first kappa shape index (κ1) is 21.9. The van der Waals surface area contributed by atoms with E-state index < -0.39 is 0 Å². The Kier molecular flexibility index (Phi) is 7.40. The molecule has 3 amide bonds. The van der Waals surface area contributed by atoms with E-state index in [2.05, 4.69) is 10.6 Å². The van der Waals surface area contributed by atoms with E-state index in [4.69, 9.17) is 4.74 Å². The molecule has 1 aliphatic heterocycles. The van der Waals surface area contributed by atoms with Gasteiger partial charge in [-0.3, -0.25) is 10.1 Å². The van der Waals surface area contributed by atoms with E-state index in [-0.39, 0.29) is 17.9 Å². The van der Waals surface area contributed by atoms with Gasteiger partial charge in [-0.05, 0) is 53.6 Å². The number of nitrogens with zero attached hydrogens (tertiary/aromatic N) is 1. The lowest BCUT2D eigenvalue weighted by molar-refractivity contribution is -0.126. The van der Waals surface area contributed by atoms with Crippen molar-refractivity contribution in [3.05, 3.63) is 83.2 Å². The van der Waals surface area contributed by atoms with Gasteiger partial charge in [0.05, 0.1) is 5.00 Å². The van der Waals surface area contributed by atoms with Gasteiger partial charge < -0.3 is 15.0 Å². The second-order valence-corrected chi connectivity index (χ2v) is 8.75. The minimum atomic E-state index is -0.0964. The molecule has 1 aromatic heterocycles. The Hall–Kier alpha value is -3.32. The van der Waals surface area contributed by atoms with Gasteiger partial charge in [-0.25, -0.2) is 4.79 Å². The number of benzene rings is 2. The third kappa shape index (κ3) is 6.11. The molecule has 6 nitrogen and oxygen atoms in total. The fourth-order valence-corrected chi connectivity index (χ4v) is 4.26. The first-order chi connectivity index (χ1) is 15.7. The fraction of sp³-hybridized carbons (Fsp3) is 0.280. The zero-order chi connectivity index (χ0) is 22.2. The Morgan fingerprint density at radius 1 is 0.938 bits per heavy atom. The van der Waals surface area contributed by atoms with Gasteiger partial charge in [0.25, 0.3) is 0 Å². The number of amides is 3. The predicted molar refractivity (Wildman–Crippen MR) is 127 cm³/mol. The van der Waals surface area contributed by atoms with Crippen LogP contribution in [-0.4, -0.2) is 29.9 Å². The molecule has 3 aromatic rings. The minimum absolute atomic E-state index is 0.0488. The summed E-state index contributed by atoms with van der Waals surface area (Å²) in [6, 6.07) is 21.5. The number of carbonyl (C=O) groups excluding carboxylic acids is 2. The highest BCUT2D eigenvalue weighted by Crippen LogP contribution is 2.21. The second-order valence-electron chi connectivity index (χ2n) is 7.80. The van der Waals surface area contributed by atoms with Crippen LogP contribution in [0.3, 0.4) is 0 Å². The first-order valence-electron chi connectivity index (χ1n) is 10.8. The highest BCUT2D eigenvalue weighted by atomic mass is 32.1. The van der Waals surface area contributed by atoms with Crippen molar-refractivity contribution >= 4 is 28.3 Å². The Labute approximate surface area is 192 Å². The fourth-order valence-electron chi connectivity index (χ4n) is 3.66. The maximum atomic E-state index is 12.6. The summed E-state index contributed by atoms with van der Waals surface area (Å²) in [5, 5.41) is 8.70. The van der Waals surface area contributed by atoms with Gasteiger partial charge in [0.2, 0.25) is 5.91 Å². The van der Waals surface area contributed by atoms with Gasteiger partial charge in [-0.15, -0.1) is 11.3 Å². The molecule has 0 bridgehead atoms. The number of hydrogen-bond donors (Lipinski definition) is 2. The maximum absolute atomic E-state index is 12.6. The molecule has 0 radical (unpaired) electrons. The van der Waals surface area contributed by atoms with E-state index >= 15 is 0 Å². The Bertz CT molecular complexity index is 999. The van der Waals surface area contributed by atoms with Crippen molar-refractivity contribution in [2.75, 3.05) is 18.4 Å². The zero-order valence-electron chi connectivity index (χ0n) is 17.8. The molecule has 4 rings (SSSR count). The number of urea groups is 1. The lowest BCUT2D eigenvalue weighted by atomic mass is 9.96. The molecule has 1 fully saturated rings. The van der Waals surface area contributed by atoms with Gasteiger partial charge in [-0.1, -0.05) is 42.5 Å². The van der Waals surface area contributed by atoms with E-state index in [0.29, 0.717) is 39.1 Å². The number of hydrogen-bond acceptors (Lipinski definition) is 4. The van der Waals surface area contributed by atoms with Crippen molar-refractivity contribution < 1.29 is 14.3 Å². The number of likely N-dealkylation sites (tertiary alicyclic amines) is 1. The van der Waals surface area contributed by atoms with Crippen molar-refractivity contribution in [3.8, 4) is 5.75 Å². The Morgan fingerprint density at radius 3 is 2.38 bits per heavy atom. The monoisotopic (exact) mass is 449 g/mol. The number of carbonyl (C=O) groups is 2. The lowest BCUT2D eigenvalue weighted by Gasteiger charge is -2.31. The van der Waals surface area contributed by atoms with Crippen LogP contribution in [0, 0.1) is 5.92 Å². The first-order valence-corrected chi connectivity index (χ1v) is 11.7. The normalized spacial score (nSPS) is 14.1. The molecule has 0 spiro atoms. The second kappa shape index (κ2) is 10.8. The highest BCUT2D eigenvalue weighted by molar-refractivity contribution is 7.14. The third-order valence-corrected chi connectivity index (χ3v) is 6.33. The molecule has 1 saturated heterocycles. The van der Waals surface area contributed by atoms with Crippen molar-refractivity contribution in [2.45, 2.75) is 26.0 Å². The molecule has 32 heavy (non-hydrogen) atoms. The van der Waals surface area contributed by atoms with E-state index in [1.165, 1.54) is 11.3 Å². The van der Waals surface area contributed by atoms with Gasteiger partial charge in [0.15, 0.2) is 0 Å². The summed E-state index contributed by atoms with van der Waals surface area (Å²) in [6.45, 7) is 2.18. The minimum Gasteiger partial charge on any atom is -0.489 e. The van der Waals surface area contributed by atoms with Crippen LogP contribution in [0.2, 0.25) is 0 Å². The topological polar surface area (TPSA) is 70.7 Å². The quantitative estimate of drug-likeness (QED) is 0.540. The van der Waals surface area contributed by atoms with E-state index in [0.717, 1.165) is 21.9 Å². The molecule has 7 heteroatoms. The third-order valence-electron chi connectivity index (χ3n) is 5.54. The molecule has 166 valence electrons. The number of piperidine rings is 1. The van der Waals surface area contributed by atoms with Crippen LogP contribution in [0.5, 0.6) is 5.75 Å². The van der Waals surface area contributed by atoms with Crippen LogP contribution in [0.4, 0.5) is 9.80 Å². The molecule has 0 saturated carbocycles. The molecule has 2 N–H and O–H groups in total. The number of nitrogens with one attached hydrogen (secondary N) is 2.